The standard InChI is InChI=1S/C15H21NO3S/c1-9-8-12(10(2)20-9)14(17)16-13(15(18)19)11-6-4-3-5-7-11/h8,11,13H,3-7H2,1-2H3,(H,16,17)(H,18,19). The van der Waals surface area contributed by atoms with Gasteiger partial charge < -0.3 is 10.4 Å². The lowest BCUT2D eigenvalue weighted by Crippen LogP contribution is -2.46. The van der Waals surface area contributed by atoms with Gasteiger partial charge in [0.2, 0.25) is 0 Å². The summed E-state index contributed by atoms with van der Waals surface area (Å²) in [5, 5.41) is 12.1. The van der Waals surface area contributed by atoms with E-state index in [2.05, 4.69) is 5.32 Å². The number of carbonyl (C=O) groups excluding carboxylic acids is 1. The van der Waals surface area contributed by atoms with Crippen molar-refractivity contribution in [2.24, 2.45) is 5.92 Å². The van der Waals surface area contributed by atoms with Crippen molar-refractivity contribution in [3.05, 3.63) is 21.4 Å². The molecule has 1 saturated carbocycles. The second-order valence-electron chi connectivity index (χ2n) is 5.51. The van der Waals surface area contributed by atoms with Gasteiger partial charge in [-0.15, -0.1) is 11.3 Å². The first-order valence-electron chi connectivity index (χ1n) is 7.09. The van der Waals surface area contributed by atoms with Crippen LogP contribution in [-0.2, 0) is 4.79 Å². The van der Waals surface area contributed by atoms with Crippen LogP contribution in [0.2, 0.25) is 0 Å². The molecule has 1 heterocycles. The minimum atomic E-state index is -0.921. The number of nitrogens with one attached hydrogen (secondary N) is 1. The molecule has 1 amide bonds. The average molecular weight is 295 g/mol. The highest BCUT2D eigenvalue weighted by molar-refractivity contribution is 7.12. The second kappa shape index (κ2) is 6.39. The molecule has 1 aromatic heterocycles. The summed E-state index contributed by atoms with van der Waals surface area (Å²) in [6.45, 7) is 3.84. The van der Waals surface area contributed by atoms with Gasteiger partial charge in [0.1, 0.15) is 6.04 Å². The van der Waals surface area contributed by atoms with E-state index in [1.807, 2.05) is 19.9 Å². The maximum absolute atomic E-state index is 12.3. The van der Waals surface area contributed by atoms with Crippen LogP contribution < -0.4 is 5.32 Å². The van der Waals surface area contributed by atoms with Crippen LogP contribution in [0.1, 0.15) is 52.2 Å². The monoisotopic (exact) mass is 295 g/mol. The molecule has 5 heteroatoms. The van der Waals surface area contributed by atoms with E-state index in [4.69, 9.17) is 0 Å². The van der Waals surface area contributed by atoms with Crippen molar-refractivity contribution in [3.63, 3.8) is 0 Å². The quantitative estimate of drug-likeness (QED) is 0.897. The van der Waals surface area contributed by atoms with Gasteiger partial charge in [-0.2, -0.15) is 0 Å². The molecule has 2 rings (SSSR count). The van der Waals surface area contributed by atoms with Crippen LogP contribution in [0.3, 0.4) is 0 Å². The van der Waals surface area contributed by atoms with E-state index in [9.17, 15) is 14.7 Å². The summed E-state index contributed by atoms with van der Waals surface area (Å²) >= 11 is 1.56. The van der Waals surface area contributed by atoms with Gasteiger partial charge in [0.25, 0.3) is 5.91 Å². The van der Waals surface area contributed by atoms with E-state index >= 15 is 0 Å². The molecule has 0 aromatic carbocycles. The molecule has 2 N–H and O–H groups in total. The average Bonchev–Trinajstić information content (AvgIpc) is 2.75. The number of aliphatic carboxylic acids is 1. The number of aryl methyl sites for hydroxylation is 2. The molecule has 1 fully saturated rings. The van der Waals surface area contributed by atoms with Crippen molar-refractivity contribution < 1.29 is 14.7 Å². The fourth-order valence-electron chi connectivity index (χ4n) is 2.92. The third kappa shape index (κ3) is 3.39. The molecule has 4 nitrogen and oxygen atoms in total. The molecule has 1 aliphatic carbocycles. The van der Waals surface area contributed by atoms with Crippen LogP contribution in [0.25, 0.3) is 0 Å². The van der Waals surface area contributed by atoms with E-state index in [0.717, 1.165) is 35.4 Å². The Kier molecular flexibility index (Phi) is 4.81. The van der Waals surface area contributed by atoms with Crippen LogP contribution in [-0.4, -0.2) is 23.0 Å². The first-order chi connectivity index (χ1) is 9.49. The maximum Gasteiger partial charge on any atom is 0.326 e. The third-order valence-electron chi connectivity index (χ3n) is 3.96. The summed E-state index contributed by atoms with van der Waals surface area (Å²) in [6.07, 6.45) is 5.05. The Balaban J connectivity index is 2.09. The molecule has 1 aromatic rings. The largest absolute Gasteiger partial charge is 0.480 e. The molecular formula is C15H21NO3S. The second-order valence-corrected chi connectivity index (χ2v) is 6.97. The fraction of sp³-hybridized carbons (Fsp3) is 0.600. The lowest BCUT2D eigenvalue weighted by Gasteiger charge is -2.28. The predicted octanol–water partition coefficient (Wildman–Crippen LogP) is 3.13. The van der Waals surface area contributed by atoms with E-state index in [0.29, 0.717) is 5.56 Å². The summed E-state index contributed by atoms with van der Waals surface area (Å²) in [5.41, 5.74) is 0.606. The number of carbonyl (C=O) groups is 2. The number of hydrogen-bond donors (Lipinski definition) is 2. The Morgan fingerprint density at radius 2 is 1.95 bits per heavy atom. The van der Waals surface area contributed by atoms with Crippen molar-refractivity contribution in [1.82, 2.24) is 5.32 Å². The van der Waals surface area contributed by atoms with Gasteiger partial charge >= 0.3 is 5.97 Å². The Labute approximate surface area is 123 Å². The molecule has 0 radical (unpaired) electrons. The Morgan fingerprint density at radius 1 is 1.30 bits per heavy atom. The molecule has 0 saturated heterocycles. The van der Waals surface area contributed by atoms with Gasteiger partial charge in [-0.3, -0.25) is 4.79 Å². The number of rotatable bonds is 4. The van der Waals surface area contributed by atoms with Crippen molar-refractivity contribution in [3.8, 4) is 0 Å². The van der Waals surface area contributed by atoms with Crippen LogP contribution in [0.4, 0.5) is 0 Å². The SMILES string of the molecule is Cc1cc(C(=O)NC(C(=O)O)C2CCCCC2)c(C)s1. The van der Waals surface area contributed by atoms with Crippen LogP contribution in [0, 0.1) is 19.8 Å². The number of amides is 1. The summed E-state index contributed by atoms with van der Waals surface area (Å²) in [6, 6.07) is 1.07. The zero-order valence-electron chi connectivity index (χ0n) is 11.9. The van der Waals surface area contributed by atoms with Crippen molar-refractivity contribution in [2.45, 2.75) is 52.0 Å². The van der Waals surface area contributed by atoms with Crippen LogP contribution in [0.15, 0.2) is 6.07 Å². The lowest BCUT2D eigenvalue weighted by atomic mass is 9.84. The van der Waals surface area contributed by atoms with Crippen LogP contribution >= 0.6 is 11.3 Å². The topological polar surface area (TPSA) is 66.4 Å². The minimum absolute atomic E-state index is 0.0604. The highest BCUT2D eigenvalue weighted by Crippen LogP contribution is 2.27. The highest BCUT2D eigenvalue weighted by atomic mass is 32.1. The summed E-state index contributed by atoms with van der Waals surface area (Å²) in [7, 11) is 0. The first-order valence-corrected chi connectivity index (χ1v) is 7.91. The molecule has 20 heavy (non-hydrogen) atoms. The van der Waals surface area contributed by atoms with Gasteiger partial charge in [0, 0.05) is 9.75 Å². The normalized spacial score (nSPS) is 17.7. The number of hydrogen-bond acceptors (Lipinski definition) is 3. The Hall–Kier alpha value is -1.36. The van der Waals surface area contributed by atoms with Crippen molar-refractivity contribution >= 4 is 23.2 Å². The van der Waals surface area contributed by atoms with Crippen molar-refractivity contribution in [2.75, 3.05) is 0 Å². The molecule has 1 unspecified atom stereocenters. The lowest BCUT2D eigenvalue weighted by molar-refractivity contribution is -0.141. The van der Waals surface area contributed by atoms with E-state index in [1.165, 1.54) is 6.42 Å². The van der Waals surface area contributed by atoms with Gasteiger partial charge in [-0.1, -0.05) is 19.3 Å². The number of thiophene rings is 1. The molecule has 0 bridgehead atoms. The zero-order valence-corrected chi connectivity index (χ0v) is 12.8. The fourth-order valence-corrected chi connectivity index (χ4v) is 3.85. The molecule has 0 spiro atoms. The van der Waals surface area contributed by atoms with E-state index in [-0.39, 0.29) is 11.8 Å². The first kappa shape index (κ1) is 15.0. The molecular weight excluding hydrogens is 274 g/mol. The van der Waals surface area contributed by atoms with E-state index in [1.54, 1.807) is 11.3 Å². The van der Waals surface area contributed by atoms with Crippen LogP contribution in [0.5, 0.6) is 0 Å². The number of carboxylic acids is 1. The molecule has 0 aliphatic heterocycles. The van der Waals surface area contributed by atoms with Gasteiger partial charge in [0.05, 0.1) is 5.56 Å². The summed E-state index contributed by atoms with van der Waals surface area (Å²) in [4.78, 5) is 25.7. The highest BCUT2D eigenvalue weighted by Gasteiger charge is 2.31. The summed E-state index contributed by atoms with van der Waals surface area (Å²) in [5.74, 6) is -1.12. The zero-order chi connectivity index (χ0) is 14.7. The van der Waals surface area contributed by atoms with Crippen molar-refractivity contribution in [1.29, 1.82) is 0 Å². The van der Waals surface area contributed by atoms with Gasteiger partial charge in [0.15, 0.2) is 0 Å². The third-order valence-corrected chi connectivity index (χ3v) is 4.93. The Morgan fingerprint density at radius 3 is 2.45 bits per heavy atom. The summed E-state index contributed by atoms with van der Waals surface area (Å²) < 4.78 is 0. The molecule has 110 valence electrons. The smallest absolute Gasteiger partial charge is 0.326 e. The van der Waals surface area contributed by atoms with Gasteiger partial charge in [-0.25, -0.2) is 4.79 Å². The Bertz CT molecular complexity index is 503. The molecule has 1 aliphatic rings. The minimum Gasteiger partial charge on any atom is -0.480 e. The predicted molar refractivity (Wildman–Crippen MR) is 79.3 cm³/mol. The van der Waals surface area contributed by atoms with Gasteiger partial charge in [-0.05, 0) is 38.7 Å². The molecule has 1 atom stereocenters. The van der Waals surface area contributed by atoms with E-state index < -0.39 is 12.0 Å². The number of carboxylic acid groups (broad SMARTS) is 1. The maximum atomic E-state index is 12.3.